The molecule has 0 aromatic heterocycles. The molecule has 0 spiro atoms. The van der Waals surface area contributed by atoms with Crippen molar-refractivity contribution in [1.29, 1.82) is 0 Å². The molecule has 1 aliphatic carbocycles. The molecular formula is C11H21NO. The van der Waals surface area contributed by atoms with Gasteiger partial charge in [0.05, 0.1) is 0 Å². The van der Waals surface area contributed by atoms with Gasteiger partial charge in [0, 0.05) is 19.2 Å². The van der Waals surface area contributed by atoms with Crippen molar-refractivity contribution in [2.24, 2.45) is 5.92 Å². The normalized spacial score (nSPS) is 29.7. The highest BCUT2D eigenvalue weighted by Gasteiger charge is 2.23. The van der Waals surface area contributed by atoms with Crippen LogP contribution in [-0.4, -0.2) is 24.3 Å². The van der Waals surface area contributed by atoms with E-state index in [0.29, 0.717) is 18.6 Å². The molecule has 1 fully saturated rings. The van der Waals surface area contributed by atoms with E-state index in [1.165, 1.54) is 25.7 Å². The summed E-state index contributed by atoms with van der Waals surface area (Å²) in [5, 5.41) is 12.6. The molecule has 1 aliphatic rings. The molecule has 76 valence electrons. The van der Waals surface area contributed by atoms with Crippen LogP contribution in [0.5, 0.6) is 0 Å². The number of hydrogen-bond donors (Lipinski definition) is 2. The maximum atomic E-state index is 9.16. The van der Waals surface area contributed by atoms with Crippen molar-refractivity contribution in [2.75, 3.05) is 13.2 Å². The van der Waals surface area contributed by atoms with E-state index in [4.69, 9.17) is 5.11 Å². The van der Waals surface area contributed by atoms with Gasteiger partial charge >= 0.3 is 0 Å². The van der Waals surface area contributed by atoms with Gasteiger partial charge in [0.25, 0.3) is 0 Å². The minimum Gasteiger partial charge on any atom is -0.396 e. The molecule has 0 amide bonds. The predicted molar refractivity (Wildman–Crippen MR) is 55.6 cm³/mol. The first-order valence-corrected chi connectivity index (χ1v) is 5.34. The van der Waals surface area contributed by atoms with Gasteiger partial charge in [-0.05, 0) is 25.7 Å². The second-order valence-corrected chi connectivity index (χ2v) is 3.81. The van der Waals surface area contributed by atoms with Crippen LogP contribution in [0.3, 0.4) is 0 Å². The quantitative estimate of drug-likeness (QED) is 0.650. The van der Waals surface area contributed by atoms with Gasteiger partial charge in [-0.15, -0.1) is 0 Å². The van der Waals surface area contributed by atoms with Gasteiger partial charge in [-0.1, -0.05) is 25.0 Å². The highest BCUT2D eigenvalue weighted by atomic mass is 16.3. The lowest BCUT2D eigenvalue weighted by Crippen LogP contribution is -2.40. The summed E-state index contributed by atoms with van der Waals surface area (Å²) >= 11 is 0. The van der Waals surface area contributed by atoms with Gasteiger partial charge in [0.15, 0.2) is 0 Å². The number of aliphatic hydroxyl groups is 1. The third-order valence-corrected chi connectivity index (χ3v) is 2.88. The van der Waals surface area contributed by atoms with Crippen LogP contribution in [0.4, 0.5) is 0 Å². The van der Waals surface area contributed by atoms with Crippen molar-refractivity contribution in [3.8, 4) is 0 Å². The standard InChI is InChI=1S/C11H21NO/c1-2-3-8-12-11-7-5-4-6-10(11)9-13/h2-3,10-13H,4-9H2,1H3/b3-2+. The molecule has 1 saturated carbocycles. The van der Waals surface area contributed by atoms with Crippen molar-refractivity contribution < 1.29 is 5.11 Å². The van der Waals surface area contributed by atoms with Gasteiger partial charge in [-0.3, -0.25) is 0 Å². The Morgan fingerprint density at radius 1 is 1.38 bits per heavy atom. The van der Waals surface area contributed by atoms with Crippen LogP contribution in [0.15, 0.2) is 12.2 Å². The minimum absolute atomic E-state index is 0.341. The molecule has 0 heterocycles. The summed E-state index contributed by atoms with van der Waals surface area (Å²) in [6.45, 7) is 3.32. The van der Waals surface area contributed by atoms with Gasteiger partial charge in [-0.25, -0.2) is 0 Å². The maximum absolute atomic E-state index is 9.16. The summed E-state index contributed by atoms with van der Waals surface area (Å²) in [4.78, 5) is 0. The first-order valence-electron chi connectivity index (χ1n) is 5.34. The molecule has 1 rings (SSSR count). The van der Waals surface area contributed by atoms with E-state index in [-0.39, 0.29) is 0 Å². The van der Waals surface area contributed by atoms with E-state index in [1.54, 1.807) is 0 Å². The third-order valence-electron chi connectivity index (χ3n) is 2.88. The van der Waals surface area contributed by atoms with E-state index in [2.05, 4.69) is 17.5 Å². The molecule has 0 aliphatic heterocycles. The summed E-state index contributed by atoms with van der Waals surface area (Å²) in [6.07, 6.45) is 9.19. The van der Waals surface area contributed by atoms with E-state index in [1.807, 2.05) is 6.92 Å². The zero-order valence-electron chi connectivity index (χ0n) is 8.50. The van der Waals surface area contributed by atoms with Gasteiger partial charge < -0.3 is 10.4 Å². The van der Waals surface area contributed by atoms with Gasteiger partial charge in [0.1, 0.15) is 0 Å². The maximum Gasteiger partial charge on any atom is 0.0474 e. The van der Waals surface area contributed by atoms with E-state index in [0.717, 1.165) is 6.54 Å². The van der Waals surface area contributed by atoms with Crippen LogP contribution in [0.25, 0.3) is 0 Å². The molecular weight excluding hydrogens is 162 g/mol. The van der Waals surface area contributed by atoms with Crippen molar-refractivity contribution in [1.82, 2.24) is 5.32 Å². The lowest BCUT2D eigenvalue weighted by Gasteiger charge is -2.30. The van der Waals surface area contributed by atoms with E-state index >= 15 is 0 Å². The smallest absolute Gasteiger partial charge is 0.0474 e. The van der Waals surface area contributed by atoms with Crippen LogP contribution in [-0.2, 0) is 0 Å². The molecule has 0 aromatic carbocycles. The Balaban J connectivity index is 2.27. The number of aliphatic hydroxyl groups excluding tert-OH is 1. The topological polar surface area (TPSA) is 32.3 Å². The summed E-state index contributed by atoms with van der Waals surface area (Å²) in [5.74, 6) is 0.485. The van der Waals surface area contributed by atoms with Crippen molar-refractivity contribution in [3.05, 3.63) is 12.2 Å². The molecule has 0 bridgehead atoms. The largest absolute Gasteiger partial charge is 0.396 e. The van der Waals surface area contributed by atoms with Gasteiger partial charge in [0.2, 0.25) is 0 Å². The molecule has 2 nitrogen and oxygen atoms in total. The van der Waals surface area contributed by atoms with Crippen LogP contribution >= 0.6 is 0 Å². The Morgan fingerprint density at radius 3 is 2.85 bits per heavy atom. The van der Waals surface area contributed by atoms with Crippen molar-refractivity contribution >= 4 is 0 Å². The molecule has 0 saturated heterocycles. The van der Waals surface area contributed by atoms with Crippen LogP contribution in [0.1, 0.15) is 32.6 Å². The monoisotopic (exact) mass is 183 g/mol. The molecule has 2 N–H and O–H groups in total. The molecule has 2 atom stereocenters. The van der Waals surface area contributed by atoms with Crippen LogP contribution in [0.2, 0.25) is 0 Å². The molecule has 2 unspecified atom stereocenters. The number of nitrogens with one attached hydrogen (secondary N) is 1. The lowest BCUT2D eigenvalue weighted by molar-refractivity contribution is 0.155. The Kier molecular flexibility index (Phi) is 5.09. The fourth-order valence-corrected chi connectivity index (χ4v) is 2.03. The summed E-state index contributed by atoms with van der Waals surface area (Å²) < 4.78 is 0. The van der Waals surface area contributed by atoms with Crippen LogP contribution < -0.4 is 5.32 Å². The average molecular weight is 183 g/mol. The highest BCUT2D eigenvalue weighted by molar-refractivity contribution is 4.85. The number of hydrogen-bond acceptors (Lipinski definition) is 2. The minimum atomic E-state index is 0.341. The molecule has 0 radical (unpaired) electrons. The molecule has 0 aromatic rings. The first-order chi connectivity index (χ1) is 6.38. The van der Waals surface area contributed by atoms with Crippen LogP contribution in [0, 0.1) is 5.92 Å². The summed E-state index contributed by atoms with van der Waals surface area (Å²) in [5.41, 5.74) is 0. The fraction of sp³-hybridized carbons (Fsp3) is 0.818. The Hall–Kier alpha value is -0.340. The summed E-state index contributed by atoms with van der Waals surface area (Å²) in [7, 11) is 0. The second-order valence-electron chi connectivity index (χ2n) is 3.81. The zero-order chi connectivity index (χ0) is 9.52. The van der Waals surface area contributed by atoms with Crippen molar-refractivity contribution in [2.45, 2.75) is 38.6 Å². The fourth-order valence-electron chi connectivity index (χ4n) is 2.03. The molecule has 2 heteroatoms. The zero-order valence-corrected chi connectivity index (χ0v) is 8.50. The number of allylic oxidation sites excluding steroid dienone is 1. The predicted octanol–water partition coefficient (Wildman–Crippen LogP) is 1.70. The SMILES string of the molecule is C/C=C/CNC1CCCCC1CO. The highest BCUT2D eigenvalue weighted by Crippen LogP contribution is 2.23. The Morgan fingerprint density at radius 2 is 2.15 bits per heavy atom. The second kappa shape index (κ2) is 6.17. The average Bonchev–Trinajstić information content (AvgIpc) is 2.19. The molecule has 13 heavy (non-hydrogen) atoms. The Labute approximate surface area is 81.0 Å². The first kappa shape index (κ1) is 10.7. The van der Waals surface area contributed by atoms with Crippen molar-refractivity contribution in [3.63, 3.8) is 0 Å². The van der Waals surface area contributed by atoms with E-state index < -0.39 is 0 Å². The number of rotatable bonds is 4. The lowest BCUT2D eigenvalue weighted by atomic mass is 9.85. The van der Waals surface area contributed by atoms with Gasteiger partial charge in [-0.2, -0.15) is 0 Å². The third kappa shape index (κ3) is 3.49. The summed E-state index contributed by atoms with van der Waals surface area (Å²) in [6, 6.07) is 0.537. The van der Waals surface area contributed by atoms with E-state index in [9.17, 15) is 0 Å². The Bertz CT molecular complexity index is 156.